The maximum atomic E-state index is 12.7. The Morgan fingerprint density at radius 2 is 1.87 bits per heavy atom. The van der Waals surface area contributed by atoms with Crippen molar-refractivity contribution in [1.29, 1.82) is 0 Å². The predicted octanol–water partition coefficient (Wildman–Crippen LogP) is 4.32. The van der Waals surface area contributed by atoms with Crippen LogP contribution in [0.2, 0.25) is 0 Å². The lowest BCUT2D eigenvalue weighted by Crippen LogP contribution is -2.29. The second kappa shape index (κ2) is 9.07. The molecule has 0 spiro atoms. The largest absolute Gasteiger partial charge is 0.372 e. The van der Waals surface area contributed by atoms with Crippen molar-refractivity contribution in [3.63, 3.8) is 0 Å². The average molecular weight is 406 g/mol. The van der Waals surface area contributed by atoms with Crippen LogP contribution in [0.25, 0.3) is 5.57 Å². The van der Waals surface area contributed by atoms with Gasteiger partial charge in [0.25, 0.3) is 11.5 Å². The van der Waals surface area contributed by atoms with Crippen molar-refractivity contribution < 1.29 is 4.79 Å². The topological polar surface area (TPSA) is 94.6 Å². The number of carbonyl (C=O) groups excluding carboxylic acids is 1. The van der Waals surface area contributed by atoms with Gasteiger partial charge in [0.15, 0.2) is 0 Å². The molecule has 7 heteroatoms. The molecule has 1 atom stereocenters. The number of piperidine rings is 1. The summed E-state index contributed by atoms with van der Waals surface area (Å²) in [7, 11) is 0. The van der Waals surface area contributed by atoms with E-state index in [1.54, 1.807) is 24.4 Å². The quantitative estimate of drug-likeness (QED) is 0.723. The van der Waals surface area contributed by atoms with E-state index in [0.29, 0.717) is 5.56 Å². The highest BCUT2D eigenvalue weighted by atomic mass is 16.3. The molecule has 4 rings (SSSR count). The van der Waals surface area contributed by atoms with Gasteiger partial charge in [-0.2, -0.15) is 4.91 Å². The molecule has 1 aromatic heterocycles. The van der Waals surface area contributed by atoms with Gasteiger partial charge in [0.1, 0.15) is 11.7 Å². The van der Waals surface area contributed by atoms with Crippen molar-refractivity contribution in [3.8, 4) is 0 Å². The highest BCUT2D eigenvalue weighted by Crippen LogP contribution is 2.28. The molecule has 0 bridgehead atoms. The molecule has 30 heavy (non-hydrogen) atoms. The van der Waals surface area contributed by atoms with Gasteiger partial charge >= 0.3 is 0 Å². The Labute approximate surface area is 175 Å². The molecule has 2 aliphatic rings. The number of nitroso groups, excluding NO2 is 1. The smallest absolute Gasteiger partial charge is 0.271 e. The van der Waals surface area contributed by atoms with Crippen molar-refractivity contribution >= 4 is 22.9 Å². The Kier molecular flexibility index (Phi) is 6.07. The van der Waals surface area contributed by atoms with Crippen LogP contribution in [0.1, 0.15) is 54.4 Å². The molecule has 1 aromatic carbocycles. The Morgan fingerprint density at radius 1 is 1.10 bits per heavy atom. The Hall–Kier alpha value is -3.22. The lowest BCUT2D eigenvalue weighted by molar-refractivity contribution is 0.102. The summed E-state index contributed by atoms with van der Waals surface area (Å²) in [6.07, 6.45) is 9.54. The van der Waals surface area contributed by atoms with Gasteiger partial charge < -0.3 is 15.2 Å². The number of H-pyrrole nitrogens is 1. The van der Waals surface area contributed by atoms with Gasteiger partial charge in [0.2, 0.25) is 0 Å². The van der Waals surface area contributed by atoms with Crippen LogP contribution in [0.4, 0.5) is 11.4 Å². The Balaban J connectivity index is 1.49. The zero-order valence-corrected chi connectivity index (χ0v) is 16.9. The van der Waals surface area contributed by atoms with E-state index in [9.17, 15) is 14.5 Å². The standard InChI is InChI=1S/C23H26N4O3/c28-22(16-7-9-20(10-8-16)27-11-2-1-3-12-27)25-21-14-18(15-24-23(21)29)17-5-4-6-19(13-17)26-30/h7-10,13-15,19H,1-6,11-12H2,(H,24,29)(H,25,28). The number of hydrogen-bond donors (Lipinski definition) is 2. The second-order valence-electron chi connectivity index (χ2n) is 7.94. The minimum atomic E-state index is -0.362. The third kappa shape index (κ3) is 4.50. The summed E-state index contributed by atoms with van der Waals surface area (Å²) < 4.78 is 0. The number of hydrogen-bond acceptors (Lipinski definition) is 5. The molecular weight excluding hydrogens is 380 g/mol. The normalized spacial score (nSPS) is 19.1. The van der Waals surface area contributed by atoms with Crippen LogP contribution in [-0.2, 0) is 0 Å². The summed E-state index contributed by atoms with van der Waals surface area (Å²) in [5.41, 5.74) is 3.21. The molecule has 1 saturated heterocycles. The molecule has 156 valence electrons. The van der Waals surface area contributed by atoms with E-state index >= 15 is 0 Å². The summed E-state index contributed by atoms with van der Waals surface area (Å²) >= 11 is 0. The Morgan fingerprint density at radius 3 is 2.60 bits per heavy atom. The first-order chi connectivity index (χ1) is 14.6. The van der Waals surface area contributed by atoms with Crippen molar-refractivity contribution in [1.82, 2.24) is 4.98 Å². The molecule has 1 fully saturated rings. The molecule has 2 N–H and O–H groups in total. The van der Waals surface area contributed by atoms with Gasteiger partial charge in [-0.15, -0.1) is 0 Å². The molecule has 0 saturated carbocycles. The number of allylic oxidation sites excluding steroid dienone is 1. The number of nitrogens with one attached hydrogen (secondary N) is 2. The van der Waals surface area contributed by atoms with E-state index in [1.807, 2.05) is 18.2 Å². The SMILES string of the molecule is O=NC1C=C(c2c[nH]c(=O)c(NC(=O)c3ccc(N4CCCCC4)cc3)c2)CCC1. The lowest BCUT2D eigenvalue weighted by atomic mass is 9.92. The number of carbonyl (C=O) groups is 1. The zero-order valence-electron chi connectivity index (χ0n) is 16.9. The summed E-state index contributed by atoms with van der Waals surface area (Å²) in [5, 5.41) is 5.84. The molecule has 1 aliphatic carbocycles. The van der Waals surface area contributed by atoms with Crippen molar-refractivity contribution in [2.45, 2.75) is 44.6 Å². The van der Waals surface area contributed by atoms with Crippen LogP contribution in [0.5, 0.6) is 0 Å². The maximum Gasteiger partial charge on any atom is 0.271 e. The highest BCUT2D eigenvalue weighted by molar-refractivity contribution is 6.04. The van der Waals surface area contributed by atoms with E-state index in [1.165, 1.54) is 19.3 Å². The van der Waals surface area contributed by atoms with E-state index in [-0.39, 0.29) is 23.2 Å². The number of aromatic amines is 1. The van der Waals surface area contributed by atoms with Gasteiger partial charge in [0, 0.05) is 30.5 Å². The number of pyridine rings is 1. The fourth-order valence-electron chi connectivity index (χ4n) is 4.16. The summed E-state index contributed by atoms with van der Waals surface area (Å²) in [6, 6.07) is 8.83. The first-order valence-corrected chi connectivity index (χ1v) is 10.6. The van der Waals surface area contributed by atoms with Crippen LogP contribution in [-0.4, -0.2) is 30.0 Å². The van der Waals surface area contributed by atoms with Crippen LogP contribution in [0, 0.1) is 4.91 Å². The third-order valence-corrected chi connectivity index (χ3v) is 5.85. The second-order valence-corrected chi connectivity index (χ2v) is 7.94. The molecule has 2 heterocycles. The van der Waals surface area contributed by atoms with Crippen molar-refractivity contribution in [3.05, 3.63) is 69.0 Å². The minimum absolute atomic E-state index is 0.194. The third-order valence-electron chi connectivity index (χ3n) is 5.85. The van der Waals surface area contributed by atoms with E-state index in [0.717, 1.165) is 49.2 Å². The Bertz CT molecular complexity index is 1000. The molecule has 7 nitrogen and oxygen atoms in total. The number of benzene rings is 1. The predicted molar refractivity (Wildman–Crippen MR) is 119 cm³/mol. The number of nitrogens with zero attached hydrogens (tertiary/aromatic N) is 2. The van der Waals surface area contributed by atoms with Gasteiger partial charge in [-0.05, 0) is 80.0 Å². The number of rotatable bonds is 5. The van der Waals surface area contributed by atoms with E-state index in [2.05, 4.69) is 20.4 Å². The molecular formula is C23H26N4O3. The molecule has 2 aromatic rings. The monoisotopic (exact) mass is 406 g/mol. The zero-order chi connectivity index (χ0) is 20.9. The van der Waals surface area contributed by atoms with Gasteiger partial charge in [0.05, 0.1) is 0 Å². The molecule has 1 aliphatic heterocycles. The van der Waals surface area contributed by atoms with Crippen molar-refractivity contribution in [2.75, 3.05) is 23.3 Å². The number of aromatic nitrogens is 1. The molecule has 0 radical (unpaired) electrons. The number of anilines is 2. The molecule has 1 amide bonds. The average Bonchev–Trinajstić information content (AvgIpc) is 2.81. The number of amides is 1. The highest BCUT2D eigenvalue weighted by Gasteiger charge is 2.17. The van der Waals surface area contributed by atoms with Crippen molar-refractivity contribution in [2.24, 2.45) is 5.18 Å². The van der Waals surface area contributed by atoms with Gasteiger partial charge in [-0.25, -0.2) is 0 Å². The maximum absolute atomic E-state index is 12.7. The lowest BCUT2D eigenvalue weighted by Gasteiger charge is -2.28. The van der Waals surface area contributed by atoms with Crippen LogP contribution in [0.15, 0.2) is 52.6 Å². The first-order valence-electron chi connectivity index (χ1n) is 10.6. The summed E-state index contributed by atoms with van der Waals surface area (Å²) in [5.74, 6) is -0.326. The minimum Gasteiger partial charge on any atom is -0.372 e. The van der Waals surface area contributed by atoms with Crippen LogP contribution >= 0.6 is 0 Å². The van der Waals surface area contributed by atoms with Gasteiger partial charge in [-0.1, -0.05) is 11.3 Å². The van der Waals surface area contributed by atoms with E-state index in [4.69, 9.17) is 0 Å². The fourth-order valence-corrected chi connectivity index (χ4v) is 4.16. The van der Waals surface area contributed by atoms with Crippen LogP contribution in [0.3, 0.4) is 0 Å². The molecule has 1 unspecified atom stereocenters. The fraction of sp³-hybridized carbons (Fsp3) is 0.391. The van der Waals surface area contributed by atoms with E-state index < -0.39 is 0 Å². The van der Waals surface area contributed by atoms with Gasteiger partial charge in [-0.3, -0.25) is 9.59 Å². The summed E-state index contributed by atoms with van der Waals surface area (Å²) in [6.45, 7) is 2.09. The first kappa shape index (κ1) is 20.1. The summed E-state index contributed by atoms with van der Waals surface area (Å²) in [4.78, 5) is 40.8. The van der Waals surface area contributed by atoms with Crippen LogP contribution < -0.4 is 15.8 Å².